The molecule has 18 heavy (non-hydrogen) atoms. The standard InChI is InChI=1S/C16H24N2/c1-3-11-18(12-4-2)14-16-8-5-7-15(13-16)9-6-10-17/h5,7-8,13H,3-4,10-12,14,17H2,1-2H3. The van der Waals surface area contributed by atoms with E-state index >= 15 is 0 Å². The van der Waals surface area contributed by atoms with Crippen LogP contribution in [0.15, 0.2) is 24.3 Å². The number of nitrogens with zero attached hydrogens (tertiary/aromatic N) is 1. The molecular weight excluding hydrogens is 220 g/mol. The molecule has 0 aromatic heterocycles. The van der Waals surface area contributed by atoms with E-state index in [9.17, 15) is 0 Å². The lowest BCUT2D eigenvalue weighted by Gasteiger charge is -2.21. The lowest BCUT2D eigenvalue weighted by molar-refractivity contribution is 0.266. The van der Waals surface area contributed by atoms with Crippen molar-refractivity contribution in [2.75, 3.05) is 19.6 Å². The second kappa shape index (κ2) is 8.74. The maximum atomic E-state index is 5.39. The first kappa shape index (κ1) is 14.8. The fourth-order valence-electron chi connectivity index (χ4n) is 2.06. The number of rotatable bonds is 6. The molecule has 0 radical (unpaired) electrons. The minimum atomic E-state index is 0.419. The van der Waals surface area contributed by atoms with Crippen molar-refractivity contribution in [3.8, 4) is 11.8 Å². The van der Waals surface area contributed by atoms with E-state index in [1.165, 1.54) is 18.4 Å². The average Bonchev–Trinajstić information content (AvgIpc) is 2.37. The minimum absolute atomic E-state index is 0.419. The highest BCUT2D eigenvalue weighted by Crippen LogP contribution is 2.08. The Hall–Kier alpha value is -1.30. The molecule has 2 nitrogen and oxygen atoms in total. The molecule has 0 aliphatic carbocycles. The molecular formula is C16H24N2. The molecule has 1 rings (SSSR count). The molecule has 1 aromatic carbocycles. The molecule has 0 saturated heterocycles. The molecule has 0 aliphatic heterocycles. The Morgan fingerprint density at radius 3 is 2.50 bits per heavy atom. The normalized spacial score (nSPS) is 10.2. The van der Waals surface area contributed by atoms with Crippen LogP contribution in [0, 0.1) is 11.8 Å². The van der Waals surface area contributed by atoms with Gasteiger partial charge in [-0.2, -0.15) is 0 Å². The van der Waals surface area contributed by atoms with E-state index < -0.39 is 0 Å². The summed E-state index contributed by atoms with van der Waals surface area (Å²) in [5.74, 6) is 5.99. The van der Waals surface area contributed by atoms with Gasteiger partial charge in [-0.05, 0) is 43.6 Å². The molecule has 0 saturated carbocycles. The van der Waals surface area contributed by atoms with Gasteiger partial charge in [0.15, 0.2) is 0 Å². The van der Waals surface area contributed by atoms with E-state index in [-0.39, 0.29) is 0 Å². The third kappa shape index (κ3) is 5.35. The van der Waals surface area contributed by atoms with E-state index in [4.69, 9.17) is 5.73 Å². The van der Waals surface area contributed by atoms with Crippen molar-refractivity contribution in [2.24, 2.45) is 5.73 Å². The maximum Gasteiger partial charge on any atom is 0.0555 e. The van der Waals surface area contributed by atoms with Gasteiger partial charge < -0.3 is 5.73 Å². The van der Waals surface area contributed by atoms with E-state index in [0.29, 0.717) is 6.54 Å². The molecule has 0 heterocycles. The fraction of sp³-hybridized carbons (Fsp3) is 0.500. The molecule has 0 atom stereocenters. The van der Waals surface area contributed by atoms with Gasteiger partial charge in [-0.1, -0.05) is 37.8 Å². The van der Waals surface area contributed by atoms with Gasteiger partial charge in [-0.3, -0.25) is 4.90 Å². The molecule has 0 bridgehead atoms. The summed E-state index contributed by atoms with van der Waals surface area (Å²) in [5, 5.41) is 0. The summed E-state index contributed by atoms with van der Waals surface area (Å²) in [4.78, 5) is 2.50. The van der Waals surface area contributed by atoms with Gasteiger partial charge in [0.25, 0.3) is 0 Å². The Morgan fingerprint density at radius 2 is 1.89 bits per heavy atom. The van der Waals surface area contributed by atoms with Crippen LogP contribution in [0.1, 0.15) is 37.8 Å². The summed E-state index contributed by atoms with van der Waals surface area (Å²) >= 11 is 0. The van der Waals surface area contributed by atoms with E-state index in [1.807, 2.05) is 6.07 Å². The summed E-state index contributed by atoms with van der Waals surface area (Å²) in [5.41, 5.74) is 7.79. The molecule has 0 unspecified atom stereocenters. The lowest BCUT2D eigenvalue weighted by atomic mass is 10.1. The number of hydrogen-bond donors (Lipinski definition) is 1. The Labute approximate surface area is 111 Å². The number of hydrogen-bond acceptors (Lipinski definition) is 2. The first-order chi connectivity index (χ1) is 8.80. The average molecular weight is 244 g/mol. The van der Waals surface area contributed by atoms with Crippen molar-refractivity contribution in [1.29, 1.82) is 0 Å². The molecule has 0 amide bonds. The zero-order valence-electron chi connectivity index (χ0n) is 11.6. The fourth-order valence-corrected chi connectivity index (χ4v) is 2.06. The summed E-state index contributed by atoms with van der Waals surface area (Å²) < 4.78 is 0. The quantitative estimate of drug-likeness (QED) is 0.779. The van der Waals surface area contributed by atoms with Gasteiger partial charge in [0.1, 0.15) is 0 Å². The van der Waals surface area contributed by atoms with Crippen molar-refractivity contribution in [3.63, 3.8) is 0 Å². The van der Waals surface area contributed by atoms with Crippen LogP contribution in [0.5, 0.6) is 0 Å². The summed E-state index contributed by atoms with van der Waals surface area (Å²) in [6, 6.07) is 8.45. The predicted octanol–water partition coefficient (Wildman–Crippen LogP) is 2.62. The third-order valence-electron chi connectivity index (χ3n) is 2.75. The van der Waals surface area contributed by atoms with E-state index in [0.717, 1.165) is 25.2 Å². The lowest BCUT2D eigenvalue weighted by Crippen LogP contribution is -2.24. The minimum Gasteiger partial charge on any atom is -0.320 e. The topological polar surface area (TPSA) is 29.3 Å². The van der Waals surface area contributed by atoms with Crippen LogP contribution >= 0.6 is 0 Å². The molecule has 0 spiro atoms. The van der Waals surface area contributed by atoms with Crippen molar-refractivity contribution in [3.05, 3.63) is 35.4 Å². The van der Waals surface area contributed by atoms with Gasteiger partial charge in [-0.25, -0.2) is 0 Å². The Balaban J connectivity index is 2.70. The number of nitrogens with two attached hydrogens (primary N) is 1. The maximum absolute atomic E-state index is 5.39. The summed E-state index contributed by atoms with van der Waals surface area (Å²) in [7, 11) is 0. The van der Waals surface area contributed by atoms with Gasteiger partial charge in [-0.15, -0.1) is 0 Å². The molecule has 1 aromatic rings. The van der Waals surface area contributed by atoms with E-state index in [2.05, 4.69) is 48.8 Å². The Morgan fingerprint density at radius 1 is 1.17 bits per heavy atom. The molecule has 2 N–H and O–H groups in total. The smallest absolute Gasteiger partial charge is 0.0555 e. The molecule has 0 fully saturated rings. The zero-order valence-corrected chi connectivity index (χ0v) is 11.6. The van der Waals surface area contributed by atoms with Crippen molar-refractivity contribution in [2.45, 2.75) is 33.2 Å². The van der Waals surface area contributed by atoms with Crippen LogP contribution in [0.4, 0.5) is 0 Å². The van der Waals surface area contributed by atoms with Crippen molar-refractivity contribution in [1.82, 2.24) is 4.90 Å². The molecule has 98 valence electrons. The Kier molecular flexibility index (Phi) is 7.17. The highest BCUT2D eigenvalue weighted by Gasteiger charge is 2.03. The van der Waals surface area contributed by atoms with Crippen LogP contribution in [-0.4, -0.2) is 24.5 Å². The van der Waals surface area contributed by atoms with Gasteiger partial charge in [0, 0.05) is 12.1 Å². The predicted molar refractivity (Wildman–Crippen MR) is 78.2 cm³/mol. The second-order valence-corrected chi connectivity index (χ2v) is 4.48. The highest BCUT2D eigenvalue weighted by molar-refractivity contribution is 5.37. The first-order valence-corrected chi connectivity index (χ1v) is 6.80. The second-order valence-electron chi connectivity index (χ2n) is 4.48. The monoisotopic (exact) mass is 244 g/mol. The Bertz CT molecular complexity index is 395. The van der Waals surface area contributed by atoms with Crippen LogP contribution in [0.3, 0.4) is 0 Å². The van der Waals surface area contributed by atoms with Crippen LogP contribution in [0.2, 0.25) is 0 Å². The van der Waals surface area contributed by atoms with Crippen LogP contribution in [-0.2, 0) is 6.54 Å². The third-order valence-corrected chi connectivity index (χ3v) is 2.75. The van der Waals surface area contributed by atoms with Crippen molar-refractivity contribution >= 4 is 0 Å². The van der Waals surface area contributed by atoms with Gasteiger partial charge in [0.05, 0.1) is 6.54 Å². The first-order valence-electron chi connectivity index (χ1n) is 6.80. The molecule has 0 aliphatic rings. The highest BCUT2D eigenvalue weighted by atomic mass is 15.1. The van der Waals surface area contributed by atoms with Gasteiger partial charge >= 0.3 is 0 Å². The van der Waals surface area contributed by atoms with Crippen LogP contribution < -0.4 is 5.73 Å². The summed E-state index contributed by atoms with van der Waals surface area (Å²) in [6.45, 7) is 8.21. The largest absolute Gasteiger partial charge is 0.320 e. The van der Waals surface area contributed by atoms with Crippen molar-refractivity contribution < 1.29 is 0 Å². The summed E-state index contributed by atoms with van der Waals surface area (Å²) in [6.07, 6.45) is 2.40. The SMILES string of the molecule is CCCN(CCC)Cc1cccc(C#CCN)c1. The number of benzene rings is 1. The zero-order chi connectivity index (χ0) is 13.2. The van der Waals surface area contributed by atoms with E-state index in [1.54, 1.807) is 0 Å². The molecule has 2 heteroatoms. The van der Waals surface area contributed by atoms with Crippen LogP contribution in [0.25, 0.3) is 0 Å². The van der Waals surface area contributed by atoms with Gasteiger partial charge in [0.2, 0.25) is 0 Å².